The van der Waals surface area contributed by atoms with Crippen molar-refractivity contribution in [3.05, 3.63) is 65.6 Å². The molecule has 0 radical (unpaired) electrons. The first kappa shape index (κ1) is 44.1. The van der Waals surface area contributed by atoms with E-state index < -0.39 is 30.1 Å². The van der Waals surface area contributed by atoms with Crippen molar-refractivity contribution in [2.45, 2.75) is 82.5 Å². The lowest BCUT2D eigenvalue weighted by molar-refractivity contribution is -0.193. The number of carboxylic acid groups (broad SMARTS) is 2. The Labute approximate surface area is 332 Å². The molecule has 0 bridgehead atoms. The highest BCUT2D eigenvalue weighted by Crippen LogP contribution is 2.42. The van der Waals surface area contributed by atoms with Crippen LogP contribution in [0.4, 0.5) is 30.7 Å². The van der Waals surface area contributed by atoms with Crippen LogP contribution in [0.5, 0.6) is 5.88 Å². The number of carboxylic acids is 2. The van der Waals surface area contributed by atoms with Gasteiger partial charge >= 0.3 is 24.3 Å². The van der Waals surface area contributed by atoms with E-state index in [1.54, 1.807) is 12.3 Å². The van der Waals surface area contributed by atoms with Crippen LogP contribution in [0.25, 0.3) is 43.7 Å². The molecule has 0 aliphatic carbocycles. The van der Waals surface area contributed by atoms with Crippen molar-refractivity contribution in [3.8, 4) is 29.1 Å². The van der Waals surface area contributed by atoms with Crippen LogP contribution in [0.2, 0.25) is 0 Å². The number of fused-ring (bicyclic) bond motifs is 4. The second-order valence-electron chi connectivity index (χ2n) is 14.2. The number of rotatable bonds is 6. The summed E-state index contributed by atoms with van der Waals surface area (Å²) in [5.41, 5.74) is 3.37. The maximum Gasteiger partial charge on any atom is 0.490 e. The second-order valence-corrected chi connectivity index (χ2v) is 14.2. The molecule has 2 saturated heterocycles. The molecular weight excluding hydrogens is 791 g/mol. The smallest absolute Gasteiger partial charge is 0.475 e. The van der Waals surface area contributed by atoms with Gasteiger partial charge < -0.3 is 20.3 Å². The highest BCUT2D eigenvalue weighted by atomic mass is 19.4. The Bertz CT molecular complexity index is 2430. The molecule has 4 heterocycles. The average Bonchev–Trinajstić information content (AvgIpc) is 3.82. The Kier molecular flexibility index (Phi) is 13.3. The number of nitrogens with zero attached hydrogens (tertiary/aromatic N) is 6. The van der Waals surface area contributed by atoms with Gasteiger partial charge in [-0.25, -0.2) is 19.0 Å². The molecule has 3 N–H and O–H groups in total. The Morgan fingerprint density at radius 3 is 2.25 bits per heavy atom. The van der Waals surface area contributed by atoms with E-state index in [0.717, 1.165) is 66.0 Å². The molecule has 0 spiro atoms. The Morgan fingerprint density at radius 1 is 1.03 bits per heavy atom. The number of likely N-dealkylation sites (tertiary alicyclic amines) is 1. The van der Waals surface area contributed by atoms with E-state index in [9.17, 15) is 36.9 Å². The minimum absolute atomic E-state index is 0.0400. The molecule has 0 unspecified atom stereocenters. The fraction of sp³-hybridized carbons (Fsp3) is 0.400. The zero-order valence-electron chi connectivity index (χ0n) is 31.8. The quantitative estimate of drug-likeness (QED) is 0.141. The van der Waals surface area contributed by atoms with E-state index in [-0.39, 0.29) is 29.7 Å². The predicted molar refractivity (Wildman–Crippen MR) is 201 cm³/mol. The maximum absolute atomic E-state index is 17.1. The highest BCUT2D eigenvalue weighted by molar-refractivity contribution is 6.09. The molecule has 7 rings (SSSR count). The van der Waals surface area contributed by atoms with Gasteiger partial charge in [0.15, 0.2) is 5.82 Å². The number of aromatic nitrogens is 3. The van der Waals surface area contributed by atoms with Crippen LogP contribution in [-0.2, 0) is 9.59 Å². The Balaban J connectivity index is 0.000000407. The van der Waals surface area contributed by atoms with Crippen molar-refractivity contribution in [1.82, 2.24) is 25.0 Å². The molecule has 12 nitrogen and oxygen atoms in total. The van der Waals surface area contributed by atoms with Crippen molar-refractivity contribution >= 4 is 44.5 Å². The van der Waals surface area contributed by atoms with Gasteiger partial charge in [0.05, 0.1) is 47.3 Å². The summed E-state index contributed by atoms with van der Waals surface area (Å²) >= 11 is 0. The average molecular weight is 830 g/mol. The molecule has 312 valence electrons. The number of ether oxygens (including phenoxy) is 1. The summed E-state index contributed by atoms with van der Waals surface area (Å²) in [5.74, 6) is -5.58. The first-order valence-corrected chi connectivity index (χ1v) is 18.3. The number of aryl methyl sites for hydroxylation is 1. The Hall–Kier alpha value is -6.05. The molecule has 5 aromatic rings. The molecule has 0 amide bonds. The third-order valence-electron chi connectivity index (χ3n) is 10.3. The molecule has 0 saturated carbocycles. The minimum Gasteiger partial charge on any atom is -0.475 e. The van der Waals surface area contributed by atoms with E-state index in [0.29, 0.717) is 34.4 Å². The van der Waals surface area contributed by atoms with Gasteiger partial charge in [0.1, 0.15) is 11.6 Å². The minimum atomic E-state index is -5.08. The number of nitriles is 2. The molecular formula is C40H38F7N7O5. The van der Waals surface area contributed by atoms with Gasteiger partial charge in [0.25, 0.3) is 0 Å². The van der Waals surface area contributed by atoms with E-state index in [1.165, 1.54) is 0 Å². The summed E-state index contributed by atoms with van der Waals surface area (Å²) in [6.07, 6.45) is -4.37. The zero-order valence-corrected chi connectivity index (χ0v) is 31.8. The number of nitrogens with one attached hydrogen (secondary N) is 1. The van der Waals surface area contributed by atoms with Crippen LogP contribution in [0.1, 0.15) is 56.2 Å². The summed E-state index contributed by atoms with van der Waals surface area (Å²) in [7, 11) is 2.11. The summed E-state index contributed by atoms with van der Waals surface area (Å²) < 4.78 is 89.2. The van der Waals surface area contributed by atoms with Crippen LogP contribution in [0.3, 0.4) is 0 Å². The lowest BCUT2D eigenvalue weighted by Crippen LogP contribution is -2.38. The van der Waals surface area contributed by atoms with Gasteiger partial charge in [0, 0.05) is 28.4 Å². The van der Waals surface area contributed by atoms with Gasteiger partial charge in [-0.2, -0.15) is 42.0 Å². The molecule has 2 fully saturated rings. The van der Waals surface area contributed by atoms with E-state index in [2.05, 4.69) is 36.3 Å². The SMILES string of the molecule is Cc1cc2c(nc(O[C@@H](C)[C@@H]3CCCN3C)c3cnn([C@H]4CCN[C@H](CC#N)C4)c32)c(F)c1-c1cccc2cccc(C#N)c12.O=C(O)C(F)(F)F.O=C(O)C(F)(F)F. The fourth-order valence-corrected chi connectivity index (χ4v) is 7.60. The van der Waals surface area contributed by atoms with Gasteiger partial charge in [-0.3, -0.25) is 9.58 Å². The number of benzene rings is 3. The normalized spacial score (nSPS) is 18.9. The van der Waals surface area contributed by atoms with Crippen LogP contribution < -0.4 is 10.1 Å². The summed E-state index contributed by atoms with van der Waals surface area (Å²) in [6.45, 7) is 5.76. The highest BCUT2D eigenvalue weighted by Gasteiger charge is 2.39. The topological polar surface area (TPSA) is 177 Å². The van der Waals surface area contributed by atoms with Crippen LogP contribution in [-0.4, -0.2) is 92.5 Å². The molecule has 3 aromatic carbocycles. The lowest BCUT2D eigenvalue weighted by Gasteiger charge is -2.30. The number of carbonyl (C=O) groups is 2. The third kappa shape index (κ3) is 9.64. The predicted octanol–water partition coefficient (Wildman–Crippen LogP) is 8.06. The van der Waals surface area contributed by atoms with Crippen LogP contribution in [0, 0.1) is 35.4 Å². The van der Waals surface area contributed by atoms with E-state index >= 15 is 4.39 Å². The van der Waals surface area contributed by atoms with Gasteiger partial charge in [-0.05, 0) is 88.3 Å². The van der Waals surface area contributed by atoms with Crippen molar-refractivity contribution < 1.29 is 55.3 Å². The van der Waals surface area contributed by atoms with Gasteiger partial charge in [-0.15, -0.1) is 0 Å². The first-order chi connectivity index (χ1) is 27.8. The summed E-state index contributed by atoms with van der Waals surface area (Å²) in [6, 6.07) is 18.2. The Morgan fingerprint density at radius 2 is 1.68 bits per heavy atom. The number of pyridine rings is 1. The number of hydrogen-bond donors (Lipinski definition) is 3. The number of alkyl halides is 6. The number of aliphatic carboxylic acids is 2. The maximum atomic E-state index is 17.1. The molecule has 59 heavy (non-hydrogen) atoms. The third-order valence-corrected chi connectivity index (χ3v) is 10.3. The lowest BCUT2D eigenvalue weighted by atomic mass is 9.91. The molecule has 2 aromatic heterocycles. The van der Waals surface area contributed by atoms with Crippen molar-refractivity contribution in [1.29, 1.82) is 10.5 Å². The molecule has 19 heteroatoms. The number of hydrogen-bond acceptors (Lipinski definition) is 9. The first-order valence-electron chi connectivity index (χ1n) is 18.3. The van der Waals surface area contributed by atoms with E-state index in [1.807, 2.05) is 48.0 Å². The number of likely N-dealkylation sites (N-methyl/N-ethyl adjacent to an activating group) is 1. The van der Waals surface area contributed by atoms with Crippen LogP contribution >= 0.6 is 0 Å². The van der Waals surface area contributed by atoms with Crippen LogP contribution in [0.15, 0.2) is 48.7 Å². The van der Waals surface area contributed by atoms with Gasteiger partial charge in [-0.1, -0.05) is 30.3 Å². The second kappa shape index (κ2) is 17.8. The summed E-state index contributed by atoms with van der Waals surface area (Å²) in [4.78, 5) is 25.0. The number of halogens is 7. The van der Waals surface area contributed by atoms with Crippen molar-refractivity contribution in [2.75, 3.05) is 20.1 Å². The van der Waals surface area contributed by atoms with Gasteiger partial charge in [0.2, 0.25) is 5.88 Å². The molecule has 2 aliphatic rings. The number of piperidine rings is 1. The standard InChI is InChI=1S/C36H36FN7O.2C2HF3O2/c1-21-17-28-34(33(37)31(21)27-10-5-8-23-7-4-9-24(19-39)32(23)27)42-36(45-22(2)30-11-6-16-43(30)3)29-20-41-44(35(28)29)26-13-15-40-25(18-26)12-14-38;2*3-2(4,5)1(6)7/h4-5,7-10,17,20,22,25-26,30,40H,6,11-13,15-16,18H2,1-3H3;2*(H,6,7)/t22-,25+,26-,30-;;/m0../s1. The molecule has 2 aliphatic heterocycles. The largest absolute Gasteiger partial charge is 0.490 e. The summed E-state index contributed by atoms with van der Waals surface area (Å²) in [5, 5.41) is 44.9. The monoisotopic (exact) mass is 829 g/mol. The van der Waals surface area contributed by atoms with E-state index in [4.69, 9.17) is 34.6 Å². The molecule has 4 atom stereocenters. The van der Waals surface area contributed by atoms with Crippen molar-refractivity contribution in [3.63, 3.8) is 0 Å². The fourth-order valence-electron chi connectivity index (χ4n) is 7.60. The zero-order chi connectivity index (χ0) is 43.4. The van der Waals surface area contributed by atoms with Crippen molar-refractivity contribution in [2.24, 2.45) is 0 Å².